The van der Waals surface area contributed by atoms with Gasteiger partial charge in [0.1, 0.15) is 0 Å². The molecule has 0 spiro atoms. The fourth-order valence-corrected chi connectivity index (χ4v) is 3.50. The molecule has 0 unspecified atom stereocenters. The topological polar surface area (TPSA) is 78.7 Å². The number of rotatable bonds is 7. The van der Waals surface area contributed by atoms with E-state index in [1.807, 2.05) is 38.0 Å². The van der Waals surface area contributed by atoms with E-state index in [1.165, 1.54) is 0 Å². The lowest BCUT2D eigenvalue weighted by atomic mass is 9.94. The van der Waals surface area contributed by atoms with E-state index in [-0.39, 0.29) is 0 Å². The Morgan fingerprint density at radius 1 is 0.828 bits per heavy atom. The van der Waals surface area contributed by atoms with Crippen LogP contribution in [-0.4, -0.2) is 42.1 Å². The second kappa shape index (κ2) is 8.60. The number of nitrogens with zero attached hydrogens (tertiary/aromatic N) is 2. The van der Waals surface area contributed by atoms with E-state index in [2.05, 4.69) is 0 Å². The van der Waals surface area contributed by atoms with Gasteiger partial charge in [0, 0.05) is 39.6 Å². The summed E-state index contributed by atoms with van der Waals surface area (Å²) < 4.78 is 64.3. The summed E-state index contributed by atoms with van der Waals surface area (Å²) in [6.45, 7) is 0. The average molecular weight is 430 g/mol. The molecule has 0 heterocycles. The van der Waals surface area contributed by atoms with E-state index in [1.54, 1.807) is 53.3 Å². The molecule has 3 N–H and O–H groups in total. The summed E-state index contributed by atoms with van der Waals surface area (Å²) in [6.07, 6.45) is 0. The van der Waals surface area contributed by atoms with Gasteiger partial charge in [-0.3, -0.25) is 0 Å². The summed E-state index contributed by atoms with van der Waals surface area (Å²) in [6, 6.07) is 11.0. The third-order valence-corrected chi connectivity index (χ3v) is 5.68. The van der Waals surface area contributed by atoms with E-state index >= 15 is 0 Å². The van der Waals surface area contributed by atoms with Gasteiger partial charge in [-0.15, -0.1) is 0 Å². The largest absolute Gasteiger partial charge is 0.511 e. The van der Waals surface area contributed by atoms with Crippen LogP contribution in [0.25, 0.3) is 0 Å². The Balaban J connectivity index is 2.45. The van der Waals surface area contributed by atoms with Crippen molar-refractivity contribution in [3.05, 3.63) is 59.7 Å². The van der Waals surface area contributed by atoms with Crippen LogP contribution in [0.1, 0.15) is 23.2 Å². The van der Waals surface area contributed by atoms with Crippen LogP contribution in [0.2, 0.25) is 0 Å². The third-order valence-electron chi connectivity index (χ3n) is 4.51. The number of halogens is 3. The molecule has 0 aliphatic rings. The van der Waals surface area contributed by atoms with Gasteiger partial charge in [0.15, 0.2) is 0 Å². The molecule has 2 aromatic rings. The summed E-state index contributed by atoms with van der Waals surface area (Å²) >= 11 is 0. The van der Waals surface area contributed by atoms with E-state index in [4.69, 9.17) is 5.73 Å². The van der Waals surface area contributed by atoms with Crippen molar-refractivity contribution in [1.82, 2.24) is 4.72 Å². The summed E-state index contributed by atoms with van der Waals surface area (Å²) in [7, 11) is 1.74. The Kier molecular flexibility index (Phi) is 6.82. The highest BCUT2D eigenvalue weighted by atomic mass is 32.2. The number of hydrogen-bond donors (Lipinski definition) is 2. The van der Waals surface area contributed by atoms with Crippen molar-refractivity contribution in [3.63, 3.8) is 0 Å². The molecule has 29 heavy (non-hydrogen) atoms. The molecule has 0 aromatic heterocycles. The molecular weight excluding hydrogens is 405 g/mol. The molecule has 0 radical (unpaired) electrons. The molecule has 0 bridgehead atoms. The minimum absolute atomic E-state index is 0.326. The van der Waals surface area contributed by atoms with Gasteiger partial charge in [-0.1, -0.05) is 24.3 Å². The molecule has 0 aliphatic heterocycles. The van der Waals surface area contributed by atoms with E-state index in [0.717, 1.165) is 11.4 Å². The highest BCUT2D eigenvalue weighted by Gasteiger charge is 2.47. The molecule has 2 aromatic carbocycles. The second-order valence-electron chi connectivity index (χ2n) is 7.04. The van der Waals surface area contributed by atoms with Crippen LogP contribution in [0, 0.1) is 0 Å². The maximum atomic E-state index is 13.0. The molecule has 0 fully saturated rings. The van der Waals surface area contributed by atoms with Crippen molar-refractivity contribution in [3.8, 4) is 0 Å². The highest BCUT2D eigenvalue weighted by Crippen LogP contribution is 2.32. The first-order valence-corrected chi connectivity index (χ1v) is 10.2. The summed E-state index contributed by atoms with van der Waals surface area (Å²) in [5, 5.41) is 0. The first-order valence-electron chi connectivity index (χ1n) is 8.72. The minimum atomic E-state index is -5.59. The van der Waals surface area contributed by atoms with Gasteiger partial charge in [0.25, 0.3) is 0 Å². The number of anilines is 2. The fraction of sp³-hybridized carbons (Fsp3) is 0.368. The Hall–Kier alpha value is -2.30. The van der Waals surface area contributed by atoms with Crippen molar-refractivity contribution < 1.29 is 21.6 Å². The van der Waals surface area contributed by atoms with E-state index < -0.39 is 27.6 Å². The zero-order chi connectivity index (χ0) is 22.0. The van der Waals surface area contributed by atoms with Crippen LogP contribution in [0.15, 0.2) is 48.5 Å². The van der Waals surface area contributed by atoms with Crippen LogP contribution < -0.4 is 20.3 Å². The van der Waals surface area contributed by atoms with Crippen molar-refractivity contribution in [2.75, 3.05) is 38.0 Å². The van der Waals surface area contributed by atoms with Gasteiger partial charge in [-0.2, -0.15) is 17.9 Å². The van der Waals surface area contributed by atoms with Gasteiger partial charge >= 0.3 is 15.5 Å². The zero-order valence-corrected chi connectivity index (χ0v) is 17.4. The number of alkyl halides is 3. The molecule has 2 atom stereocenters. The highest BCUT2D eigenvalue weighted by molar-refractivity contribution is 7.90. The monoisotopic (exact) mass is 430 g/mol. The van der Waals surface area contributed by atoms with Crippen molar-refractivity contribution >= 4 is 21.4 Å². The standard InChI is InChI=1S/C19H25F3N4O2S/c1-25(2)15-9-5-13(6-10-15)17(23)18(24-29(27,28)19(20,21)22)14-7-11-16(12-8-14)26(3)4/h5-12,17-18,24H,23H2,1-4H3/t17-,18-/m1/s1. The first-order chi connectivity index (χ1) is 13.3. The Morgan fingerprint density at radius 2 is 1.21 bits per heavy atom. The van der Waals surface area contributed by atoms with Crippen molar-refractivity contribution in [1.29, 1.82) is 0 Å². The lowest BCUT2D eigenvalue weighted by Gasteiger charge is -2.27. The molecule has 0 amide bonds. The van der Waals surface area contributed by atoms with Crippen LogP contribution in [0.4, 0.5) is 24.5 Å². The summed E-state index contributed by atoms with van der Waals surface area (Å²) in [5.41, 5.74) is 3.31. The van der Waals surface area contributed by atoms with E-state index in [0.29, 0.717) is 11.1 Å². The van der Waals surface area contributed by atoms with Crippen molar-refractivity contribution in [2.45, 2.75) is 17.6 Å². The van der Waals surface area contributed by atoms with Gasteiger partial charge in [-0.25, -0.2) is 8.42 Å². The van der Waals surface area contributed by atoms with Gasteiger partial charge in [-0.05, 0) is 35.4 Å². The lowest BCUT2D eigenvalue weighted by molar-refractivity contribution is -0.0451. The van der Waals surface area contributed by atoms with E-state index in [9.17, 15) is 21.6 Å². The van der Waals surface area contributed by atoms with Crippen LogP contribution >= 0.6 is 0 Å². The minimum Gasteiger partial charge on any atom is -0.378 e. The quantitative estimate of drug-likeness (QED) is 0.706. The van der Waals surface area contributed by atoms with Gasteiger partial charge < -0.3 is 15.5 Å². The molecule has 0 saturated carbocycles. The van der Waals surface area contributed by atoms with Crippen LogP contribution in [0.5, 0.6) is 0 Å². The smallest absolute Gasteiger partial charge is 0.378 e. The predicted octanol–water partition coefficient (Wildman–Crippen LogP) is 3.00. The van der Waals surface area contributed by atoms with Gasteiger partial charge in [0.05, 0.1) is 12.1 Å². The maximum absolute atomic E-state index is 13.0. The number of sulfonamides is 1. The zero-order valence-electron chi connectivity index (χ0n) is 16.6. The normalized spacial score (nSPS) is 14.3. The predicted molar refractivity (Wildman–Crippen MR) is 109 cm³/mol. The van der Waals surface area contributed by atoms with Crippen molar-refractivity contribution in [2.24, 2.45) is 5.73 Å². The van der Waals surface area contributed by atoms with Crippen LogP contribution in [0.3, 0.4) is 0 Å². The molecule has 2 rings (SSSR count). The first kappa shape index (κ1) is 23.0. The average Bonchev–Trinajstić information content (AvgIpc) is 2.65. The molecule has 10 heteroatoms. The third kappa shape index (κ3) is 5.40. The number of hydrogen-bond acceptors (Lipinski definition) is 5. The number of benzene rings is 2. The van der Waals surface area contributed by atoms with Crippen LogP contribution in [-0.2, 0) is 10.0 Å². The maximum Gasteiger partial charge on any atom is 0.511 e. The fourth-order valence-electron chi connectivity index (χ4n) is 2.75. The van der Waals surface area contributed by atoms with Gasteiger partial charge in [0.2, 0.25) is 0 Å². The molecular formula is C19H25F3N4O2S. The molecule has 0 saturated heterocycles. The molecule has 0 aliphatic carbocycles. The lowest BCUT2D eigenvalue weighted by Crippen LogP contribution is -2.42. The SMILES string of the molecule is CN(C)c1ccc([C@@H](N)[C@H](NS(=O)(=O)C(F)(F)F)c2ccc(N(C)C)cc2)cc1. The Labute approximate surface area is 169 Å². The Bertz CT molecular complexity index is 912. The second-order valence-corrected chi connectivity index (χ2v) is 8.75. The Morgan fingerprint density at radius 3 is 1.55 bits per heavy atom. The number of nitrogens with two attached hydrogens (primary N) is 1. The summed E-state index contributed by atoms with van der Waals surface area (Å²) in [4.78, 5) is 3.68. The summed E-state index contributed by atoms with van der Waals surface area (Å²) in [5.74, 6) is 0. The number of nitrogens with one attached hydrogen (secondary N) is 1. The molecule has 160 valence electrons. The molecule has 6 nitrogen and oxygen atoms in total.